The molecule has 9 nitrogen and oxygen atoms in total. The topological polar surface area (TPSA) is 121 Å². The van der Waals surface area contributed by atoms with Crippen LogP contribution < -0.4 is 5.32 Å². The minimum absolute atomic E-state index is 0.0468. The monoisotopic (exact) mass is 487 g/mol. The summed E-state index contributed by atoms with van der Waals surface area (Å²) in [6, 6.07) is 12.0. The van der Waals surface area contributed by atoms with Crippen molar-refractivity contribution in [3.63, 3.8) is 0 Å². The summed E-state index contributed by atoms with van der Waals surface area (Å²) in [5.41, 5.74) is 3.43. The largest absolute Gasteiger partial charge is 0.391 e. The molecule has 0 spiro atoms. The first-order chi connectivity index (χ1) is 17.3. The van der Waals surface area contributed by atoms with Gasteiger partial charge in [-0.1, -0.05) is 49.3 Å². The molecule has 186 valence electrons. The van der Waals surface area contributed by atoms with Gasteiger partial charge in [-0.25, -0.2) is 0 Å². The van der Waals surface area contributed by atoms with Crippen molar-refractivity contribution in [2.75, 3.05) is 6.54 Å². The summed E-state index contributed by atoms with van der Waals surface area (Å²) >= 11 is 0. The predicted octanol–water partition coefficient (Wildman–Crippen LogP) is 3.02. The molecule has 4 heterocycles. The summed E-state index contributed by atoms with van der Waals surface area (Å²) < 4.78 is 5.43. The van der Waals surface area contributed by atoms with Crippen LogP contribution in [-0.4, -0.2) is 56.5 Å². The van der Waals surface area contributed by atoms with E-state index in [1.165, 1.54) is 0 Å². The van der Waals surface area contributed by atoms with Gasteiger partial charge in [-0.15, -0.1) is 0 Å². The van der Waals surface area contributed by atoms with E-state index in [1.54, 1.807) is 23.4 Å². The number of pyridine rings is 1. The molecule has 1 saturated heterocycles. The summed E-state index contributed by atoms with van der Waals surface area (Å²) in [6.45, 7) is 5.87. The number of aliphatic hydroxyl groups is 1. The van der Waals surface area contributed by atoms with Gasteiger partial charge in [0.25, 0.3) is 5.91 Å². The number of carbonyl (C=O) groups excluding carboxylic acids is 2. The number of hydrogen-bond donors (Lipinski definition) is 2. The smallest absolute Gasteiger partial charge is 0.254 e. The molecular formula is C27H29N5O4. The maximum absolute atomic E-state index is 13.7. The average molecular weight is 488 g/mol. The SMILES string of the molecule is Cc1cc(C(C(=O)N2C[C@H](O)C[C@@H]2C2=NC(c3ccc(-c4cccnc4)cc3)C(=O)N2)C(C)C)on1. The summed E-state index contributed by atoms with van der Waals surface area (Å²) in [6.07, 6.45) is 3.11. The van der Waals surface area contributed by atoms with Crippen molar-refractivity contribution >= 4 is 17.6 Å². The van der Waals surface area contributed by atoms with Crippen LogP contribution in [0, 0.1) is 12.8 Å². The summed E-state index contributed by atoms with van der Waals surface area (Å²) in [7, 11) is 0. The lowest BCUT2D eigenvalue weighted by Crippen LogP contribution is -2.47. The Bertz CT molecular complexity index is 1290. The van der Waals surface area contributed by atoms with Crippen LogP contribution in [0.15, 0.2) is 64.4 Å². The minimum atomic E-state index is -0.713. The third kappa shape index (κ3) is 4.54. The Morgan fingerprint density at radius 1 is 1.19 bits per heavy atom. The van der Waals surface area contributed by atoms with E-state index in [0.717, 1.165) is 16.7 Å². The maximum atomic E-state index is 13.7. The first-order valence-corrected chi connectivity index (χ1v) is 12.1. The second kappa shape index (κ2) is 9.66. The van der Waals surface area contributed by atoms with Crippen molar-refractivity contribution in [2.45, 2.75) is 51.3 Å². The zero-order valence-corrected chi connectivity index (χ0v) is 20.5. The molecule has 2 unspecified atom stereocenters. The molecule has 2 N–H and O–H groups in total. The molecule has 2 aliphatic rings. The molecule has 0 bridgehead atoms. The van der Waals surface area contributed by atoms with E-state index in [4.69, 9.17) is 4.52 Å². The van der Waals surface area contributed by atoms with E-state index in [0.29, 0.717) is 23.7 Å². The molecule has 36 heavy (non-hydrogen) atoms. The highest BCUT2D eigenvalue weighted by Crippen LogP contribution is 2.33. The van der Waals surface area contributed by atoms with Crippen molar-refractivity contribution < 1.29 is 19.2 Å². The van der Waals surface area contributed by atoms with Crippen LogP contribution >= 0.6 is 0 Å². The van der Waals surface area contributed by atoms with Gasteiger partial charge in [0.1, 0.15) is 17.5 Å². The van der Waals surface area contributed by atoms with E-state index < -0.39 is 24.1 Å². The van der Waals surface area contributed by atoms with Crippen molar-refractivity contribution in [3.8, 4) is 11.1 Å². The number of rotatable bonds is 6. The Morgan fingerprint density at radius 2 is 1.97 bits per heavy atom. The summed E-state index contributed by atoms with van der Waals surface area (Å²) in [5.74, 6) is -0.121. The van der Waals surface area contributed by atoms with Crippen molar-refractivity contribution in [1.82, 2.24) is 20.4 Å². The van der Waals surface area contributed by atoms with Gasteiger partial charge >= 0.3 is 0 Å². The van der Waals surface area contributed by atoms with Crippen LogP contribution in [0.5, 0.6) is 0 Å². The highest BCUT2D eigenvalue weighted by atomic mass is 16.5. The first kappa shape index (κ1) is 23.9. The van der Waals surface area contributed by atoms with Crippen LogP contribution in [-0.2, 0) is 9.59 Å². The lowest BCUT2D eigenvalue weighted by atomic mass is 9.91. The predicted molar refractivity (Wildman–Crippen MR) is 133 cm³/mol. The van der Waals surface area contributed by atoms with E-state index in [9.17, 15) is 14.7 Å². The molecule has 2 aliphatic heterocycles. The number of amidine groups is 1. The minimum Gasteiger partial charge on any atom is -0.391 e. The molecule has 2 amide bonds. The molecule has 0 radical (unpaired) electrons. The van der Waals surface area contributed by atoms with Gasteiger partial charge in [-0.3, -0.25) is 19.6 Å². The van der Waals surface area contributed by atoms with Crippen LogP contribution in [0.3, 0.4) is 0 Å². The third-order valence-electron chi connectivity index (χ3n) is 6.75. The van der Waals surface area contributed by atoms with Gasteiger partial charge in [0.05, 0.1) is 17.8 Å². The number of aliphatic imine (C=N–C) groups is 1. The van der Waals surface area contributed by atoms with E-state index in [2.05, 4.69) is 20.4 Å². The molecule has 5 rings (SSSR count). The second-order valence-corrected chi connectivity index (χ2v) is 9.76. The molecule has 0 saturated carbocycles. The number of hydrogen-bond acceptors (Lipinski definition) is 7. The quantitative estimate of drug-likeness (QED) is 0.551. The summed E-state index contributed by atoms with van der Waals surface area (Å²) in [5, 5.41) is 17.3. The number of nitrogens with zero attached hydrogens (tertiary/aromatic N) is 4. The fraction of sp³-hybridized carbons (Fsp3) is 0.370. The average Bonchev–Trinajstić information content (AvgIpc) is 3.58. The molecule has 1 fully saturated rings. The Kier molecular flexibility index (Phi) is 6.40. The number of aliphatic hydroxyl groups excluding tert-OH is 1. The Labute approximate surface area is 209 Å². The number of β-amino-alcohol motifs (C(OH)–C–C–N with tert-alkyl or cyclic N) is 1. The molecule has 9 heteroatoms. The van der Waals surface area contributed by atoms with Crippen molar-refractivity contribution in [2.24, 2.45) is 10.9 Å². The number of benzene rings is 1. The zero-order chi connectivity index (χ0) is 25.4. The normalized spacial score (nSPS) is 22.6. The number of aromatic nitrogens is 2. The van der Waals surface area contributed by atoms with Gasteiger partial charge in [-0.2, -0.15) is 0 Å². The molecule has 2 aromatic heterocycles. The summed E-state index contributed by atoms with van der Waals surface area (Å²) in [4.78, 5) is 37.0. The van der Waals surface area contributed by atoms with Gasteiger partial charge < -0.3 is 19.8 Å². The van der Waals surface area contributed by atoms with Gasteiger partial charge in [0, 0.05) is 31.4 Å². The van der Waals surface area contributed by atoms with E-state index in [-0.39, 0.29) is 24.3 Å². The maximum Gasteiger partial charge on any atom is 0.254 e. The van der Waals surface area contributed by atoms with Crippen LogP contribution in [0.25, 0.3) is 11.1 Å². The molecule has 0 aliphatic carbocycles. The number of carbonyl (C=O) groups is 2. The fourth-order valence-corrected chi connectivity index (χ4v) is 4.97. The number of amides is 2. The van der Waals surface area contributed by atoms with Crippen LogP contribution in [0.2, 0.25) is 0 Å². The number of likely N-dealkylation sites (tertiary alicyclic amines) is 1. The third-order valence-corrected chi connectivity index (χ3v) is 6.75. The van der Waals surface area contributed by atoms with Crippen LogP contribution in [0.1, 0.15) is 49.2 Å². The van der Waals surface area contributed by atoms with Crippen molar-refractivity contribution in [1.29, 1.82) is 0 Å². The lowest BCUT2D eigenvalue weighted by molar-refractivity contribution is -0.134. The van der Waals surface area contributed by atoms with E-state index in [1.807, 2.05) is 57.2 Å². The van der Waals surface area contributed by atoms with E-state index >= 15 is 0 Å². The Hall–Kier alpha value is -3.85. The first-order valence-electron chi connectivity index (χ1n) is 12.1. The van der Waals surface area contributed by atoms with Gasteiger partial charge in [0.15, 0.2) is 6.04 Å². The highest BCUT2D eigenvalue weighted by Gasteiger charge is 2.44. The zero-order valence-electron chi connectivity index (χ0n) is 20.5. The Morgan fingerprint density at radius 3 is 2.61 bits per heavy atom. The number of aryl methyl sites for hydroxylation is 1. The van der Waals surface area contributed by atoms with Crippen molar-refractivity contribution in [3.05, 3.63) is 71.9 Å². The van der Waals surface area contributed by atoms with Gasteiger partial charge in [-0.05, 0) is 35.6 Å². The molecule has 4 atom stereocenters. The molecule has 1 aromatic carbocycles. The second-order valence-electron chi connectivity index (χ2n) is 9.76. The number of nitrogens with one attached hydrogen (secondary N) is 1. The van der Waals surface area contributed by atoms with Crippen LogP contribution in [0.4, 0.5) is 0 Å². The molecule has 3 aromatic rings. The lowest BCUT2D eigenvalue weighted by Gasteiger charge is -2.29. The fourth-order valence-electron chi connectivity index (χ4n) is 4.97. The Balaban J connectivity index is 1.39. The van der Waals surface area contributed by atoms with Gasteiger partial charge in [0.2, 0.25) is 5.91 Å². The standard InChI is InChI=1S/C27H29N5O4/c1-15(2)23(22-11-16(3)31-36-22)27(35)32-14-20(33)12-21(32)25-29-24(26(34)30-25)18-8-6-17(7-9-18)19-5-4-10-28-13-19/h4-11,13,15,20-21,23-24,33H,12,14H2,1-3H3,(H,29,30,34)/t20-,21-,23?,24?/m1/s1. The molecular weight excluding hydrogens is 458 g/mol. The highest BCUT2D eigenvalue weighted by molar-refractivity contribution is 6.09.